The third-order valence-electron chi connectivity index (χ3n) is 3.00. The molecule has 0 aliphatic carbocycles. The lowest BCUT2D eigenvalue weighted by molar-refractivity contribution is 0.0914. The zero-order valence-corrected chi connectivity index (χ0v) is 14.9. The summed E-state index contributed by atoms with van der Waals surface area (Å²) in [6.07, 6.45) is 1.80. The van der Waals surface area contributed by atoms with Gasteiger partial charge in [0.25, 0.3) is 5.91 Å². The quantitative estimate of drug-likeness (QED) is 0.866. The number of pyridine rings is 1. The number of carbonyl (C=O) groups excluding carboxylic acids is 1. The standard InChI is InChI=1S/C19H25N3O2/c1-13(2)24-16-9-6-14(7-10-16)21-15-8-11-17(20-12-15)18(23)22-19(3,4)5/h6-13,21H,1-5H3,(H,22,23). The molecule has 2 N–H and O–H groups in total. The number of nitrogens with zero attached hydrogens (tertiary/aromatic N) is 1. The Morgan fingerprint density at radius 1 is 1.04 bits per heavy atom. The van der Waals surface area contributed by atoms with Gasteiger partial charge in [0, 0.05) is 11.2 Å². The number of rotatable bonds is 5. The zero-order valence-electron chi connectivity index (χ0n) is 14.9. The molecule has 2 aromatic rings. The number of hydrogen-bond donors (Lipinski definition) is 2. The van der Waals surface area contributed by atoms with E-state index in [9.17, 15) is 4.79 Å². The van der Waals surface area contributed by atoms with Crippen molar-refractivity contribution in [3.8, 4) is 5.75 Å². The van der Waals surface area contributed by atoms with Crippen LogP contribution in [0.3, 0.4) is 0 Å². The minimum Gasteiger partial charge on any atom is -0.491 e. The van der Waals surface area contributed by atoms with Gasteiger partial charge >= 0.3 is 0 Å². The van der Waals surface area contributed by atoms with Crippen molar-refractivity contribution in [3.63, 3.8) is 0 Å². The van der Waals surface area contributed by atoms with Crippen LogP contribution in [0.4, 0.5) is 11.4 Å². The average Bonchev–Trinajstić information content (AvgIpc) is 2.48. The number of carbonyl (C=O) groups is 1. The van der Waals surface area contributed by atoms with Crippen LogP contribution in [-0.2, 0) is 0 Å². The molecule has 0 unspecified atom stereocenters. The van der Waals surface area contributed by atoms with Gasteiger partial charge in [0.05, 0.1) is 18.0 Å². The van der Waals surface area contributed by atoms with Gasteiger partial charge in [0.15, 0.2) is 0 Å². The molecule has 1 amide bonds. The first kappa shape index (κ1) is 17.8. The van der Waals surface area contributed by atoms with Crippen molar-refractivity contribution >= 4 is 17.3 Å². The van der Waals surface area contributed by atoms with Crippen LogP contribution in [-0.4, -0.2) is 22.5 Å². The summed E-state index contributed by atoms with van der Waals surface area (Å²) in [6.45, 7) is 9.80. The normalized spacial score (nSPS) is 11.2. The number of anilines is 2. The number of nitrogens with one attached hydrogen (secondary N) is 2. The Morgan fingerprint density at radius 3 is 2.17 bits per heavy atom. The van der Waals surface area contributed by atoms with Gasteiger partial charge in [0.2, 0.25) is 0 Å². The van der Waals surface area contributed by atoms with Gasteiger partial charge < -0.3 is 15.4 Å². The predicted molar refractivity (Wildman–Crippen MR) is 96.9 cm³/mol. The maximum absolute atomic E-state index is 12.0. The smallest absolute Gasteiger partial charge is 0.270 e. The van der Waals surface area contributed by atoms with E-state index in [1.807, 2.05) is 65.0 Å². The van der Waals surface area contributed by atoms with Crippen LogP contribution in [0.15, 0.2) is 42.6 Å². The highest BCUT2D eigenvalue weighted by molar-refractivity contribution is 5.92. The number of aromatic nitrogens is 1. The Kier molecular flexibility index (Phi) is 5.44. The minimum atomic E-state index is -0.282. The largest absolute Gasteiger partial charge is 0.491 e. The van der Waals surface area contributed by atoms with E-state index >= 15 is 0 Å². The summed E-state index contributed by atoms with van der Waals surface area (Å²) in [6, 6.07) is 11.3. The maximum atomic E-state index is 12.0. The predicted octanol–water partition coefficient (Wildman–Crippen LogP) is 4.14. The number of benzene rings is 1. The van der Waals surface area contributed by atoms with E-state index in [0.717, 1.165) is 17.1 Å². The lowest BCUT2D eigenvalue weighted by atomic mass is 10.1. The average molecular weight is 327 g/mol. The van der Waals surface area contributed by atoms with Gasteiger partial charge in [-0.05, 0) is 71.0 Å². The Balaban J connectivity index is 2.00. The molecule has 1 aromatic carbocycles. The summed E-state index contributed by atoms with van der Waals surface area (Å²) >= 11 is 0. The molecule has 2 rings (SSSR count). The van der Waals surface area contributed by atoms with E-state index in [4.69, 9.17) is 4.74 Å². The first-order valence-electron chi connectivity index (χ1n) is 8.05. The van der Waals surface area contributed by atoms with Crippen LogP contribution in [0.1, 0.15) is 45.1 Å². The van der Waals surface area contributed by atoms with Crippen LogP contribution in [0.2, 0.25) is 0 Å². The van der Waals surface area contributed by atoms with Crippen molar-refractivity contribution in [3.05, 3.63) is 48.3 Å². The molecular formula is C19H25N3O2. The van der Waals surface area contributed by atoms with Gasteiger partial charge in [-0.2, -0.15) is 0 Å². The Labute approximate surface area is 143 Å². The highest BCUT2D eigenvalue weighted by atomic mass is 16.5. The fraction of sp³-hybridized carbons (Fsp3) is 0.368. The zero-order chi connectivity index (χ0) is 17.7. The van der Waals surface area contributed by atoms with Crippen LogP contribution in [0, 0.1) is 0 Å². The molecule has 1 heterocycles. The first-order valence-corrected chi connectivity index (χ1v) is 8.05. The molecule has 5 heteroatoms. The van der Waals surface area contributed by atoms with Crippen LogP contribution in [0.25, 0.3) is 0 Å². The molecule has 0 aliphatic rings. The topological polar surface area (TPSA) is 63.2 Å². The van der Waals surface area contributed by atoms with Crippen molar-refractivity contribution in [1.29, 1.82) is 0 Å². The lowest BCUT2D eigenvalue weighted by Crippen LogP contribution is -2.40. The molecule has 1 aromatic heterocycles. The third-order valence-corrected chi connectivity index (χ3v) is 3.00. The van der Waals surface area contributed by atoms with Gasteiger partial charge in [-0.25, -0.2) is 4.98 Å². The third kappa shape index (κ3) is 5.57. The molecule has 128 valence electrons. The van der Waals surface area contributed by atoms with Gasteiger partial charge in [-0.1, -0.05) is 0 Å². The monoisotopic (exact) mass is 327 g/mol. The maximum Gasteiger partial charge on any atom is 0.270 e. The summed E-state index contributed by atoms with van der Waals surface area (Å²) < 4.78 is 5.62. The summed E-state index contributed by atoms with van der Waals surface area (Å²) in [7, 11) is 0. The van der Waals surface area contributed by atoms with Gasteiger partial charge in [0.1, 0.15) is 11.4 Å². The van der Waals surface area contributed by atoms with Crippen LogP contribution >= 0.6 is 0 Å². The van der Waals surface area contributed by atoms with Crippen molar-refractivity contribution in [1.82, 2.24) is 10.3 Å². The van der Waals surface area contributed by atoms with E-state index in [1.165, 1.54) is 0 Å². The molecule has 24 heavy (non-hydrogen) atoms. The Morgan fingerprint density at radius 2 is 1.67 bits per heavy atom. The molecule has 0 spiro atoms. The molecule has 0 radical (unpaired) electrons. The van der Waals surface area contributed by atoms with Gasteiger partial charge in [-0.3, -0.25) is 4.79 Å². The molecule has 0 fully saturated rings. The van der Waals surface area contributed by atoms with Crippen molar-refractivity contribution in [2.75, 3.05) is 5.32 Å². The van der Waals surface area contributed by atoms with E-state index < -0.39 is 0 Å². The van der Waals surface area contributed by atoms with Gasteiger partial charge in [-0.15, -0.1) is 0 Å². The van der Waals surface area contributed by atoms with Crippen LogP contribution in [0.5, 0.6) is 5.75 Å². The molecule has 0 saturated carbocycles. The molecular weight excluding hydrogens is 302 g/mol. The van der Waals surface area contributed by atoms with E-state index in [1.54, 1.807) is 12.3 Å². The summed E-state index contributed by atoms with van der Waals surface area (Å²) in [5.41, 5.74) is 1.87. The summed E-state index contributed by atoms with van der Waals surface area (Å²) in [5, 5.41) is 6.14. The fourth-order valence-corrected chi connectivity index (χ4v) is 2.06. The summed E-state index contributed by atoms with van der Waals surface area (Å²) in [4.78, 5) is 16.3. The fourth-order valence-electron chi connectivity index (χ4n) is 2.06. The molecule has 0 aliphatic heterocycles. The minimum absolute atomic E-state index is 0.153. The van der Waals surface area contributed by atoms with E-state index in [0.29, 0.717) is 5.69 Å². The first-order chi connectivity index (χ1) is 11.2. The number of ether oxygens (including phenoxy) is 1. The highest BCUT2D eigenvalue weighted by Gasteiger charge is 2.15. The highest BCUT2D eigenvalue weighted by Crippen LogP contribution is 2.20. The number of amides is 1. The second kappa shape index (κ2) is 7.34. The van der Waals surface area contributed by atoms with E-state index in [-0.39, 0.29) is 17.6 Å². The second-order valence-corrected chi connectivity index (χ2v) is 6.95. The second-order valence-electron chi connectivity index (χ2n) is 6.95. The molecule has 0 atom stereocenters. The number of hydrogen-bond acceptors (Lipinski definition) is 4. The summed E-state index contributed by atoms with van der Waals surface area (Å²) in [5.74, 6) is 0.659. The Hall–Kier alpha value is -2.56. The SMILES string of the molecule is CC(C)Oc1ccc(Nc2ccc(C(=O)NC(C)(C)C)nc2)cc1. The lowest BCUT2D eigenvalue weighted by Gasteiger charge is -2.20. The Bertz CT molecular complexity index is 671. The van der Waals surface area contributed by atoms with E-state index in [2.05, 4.69) is 15.6 Å². The van der Waals surface area contributed by atoms with Crippen LogP contribution < -0.4 is 15.4 Å². The van der Waals surface area contributed by atoms with Crippen molar-refractivity contribution in [2.24, 2.45) is 0 Å². The molecule has 5 nitrogen and oxygen atoms in total. The van der Waals surface area contributed by atoms with Crippen molar-refractivity contribution < 1.29 is 9.53 Å². The van der Waals surface area contributed by atoms with Crippen molar-refractivity contribution in [2.45, 2.75) is 46.3 Å². The molecule has 0 saturated heterocycles. The molecule has 0 bridgehead atoms.